The average Bonchev–Trinajstić information content (AvgIpc) is 2.85. The van der Waals surface area contributed by atoms with Crippen LogP contribution in [0.5, 0.6) is 0 Å². The van der Waals surface area contributed by atoms with E-state index < -0.39 is 17.7 Å². The maximum absolute atomic E-state index is 13.4. The number of urea groups is 1. The van der Waals surface area contributed by atoms with E-state index in [9.17, 15) is 13.6 Å². The normalized spacial score (nSPS) is 18.7. The Bertz CT molecular complexity index is 447. The number of amides is 2. The van der Waals surface area contributed by atoms with E-state index in [4.69, 9.17) is 0 Å². The van der Waals surface area contributed by atoms with Crippen LogP contribution in [0.15, 0.2) is 18.2 Å². The molecule has 1 aromatic rings. The van der Waals surface area contributed by atoms with Gasteiger partial charge >= 0.3 is 6.03 Å². The lowest BCUT2D eigenvalue weighted by molar-refractivity contribution is 0.207. The van der Waals surface area contributed by atoms with Gasteiger partial charge in [-0.3, -0.25) is 0 Å². The molecule has 1 saturated heterocycles. The van der Waals surface area contributed by atoms with E-state index in [1.807, 2.05) is 0 Å². The van der Waals surface area contributed by atoms with Gasteiger partial charge in [0.05, 0.1) is 5.69 Å². The van der Waals surface area contributed by atoms with Crippen LogP contribution in [0, 0.1) is 11.6 Å². The molecule has 18 heavy (non-hydrogen) atoms. The van der Waals surface area contributed by atoms with Gasteiger partial charge in [0, 0.05) is 25.7 Å². The molecule has 1 aromatic carbocycles. The molecule has 2 amide bonds. The first-order valence-electron chi connectivity index (χ1n) is 5.77. The van der Waals surface area contributed by atoms with Crippen LogP contribution in [0.1, 0.15) is 6.42 Å². The van der Waals surface area contributed by atoms with Gasteiger partial charge in [-0.2, -0.15) is 0 Å². The summed E-state index contributed by atoms with van der Waals surface area (Å²) in [5.41, 5.74) is -0.0146. The average molecular weight is 255 g/mol. The summed E-state index contributed by atoms with van der Waals surface area (Å²) >= 11 is 0. The topological polar surface area (TPSA) is 44.4 Å². The molecule has 2 N–H and O–H groups in total. The van der Waals surface area contributed by atoms with Gasteiger partial charge in [-0.05, 0) is 25.1 Å². The molecule has 98 valence electrons. The van der Waals surface area contributed by atoms with Gasteiger partial charge in [0.2, 0.25) is 0 Å². The number of carbonyl (C=O) groups is 1. The molecule has 6 heteroatoms. The highest BCUT2D eigenvalue weighted by molar-refractivity contribution is 5.89. The van der Waals surface area contributed by atoms with E-state index in [2.05, 4.69) is 10.6 Å². The third-order valence-electron chi connectivity index (χ3n) is 3.08. The van der Waals surface area contributed by atoms with Gasteiger partial charge in [-0.25, -0.2) is 13.6 Å². The molecule has 1 heterocycles. The predicted octanol–water partition coefficient (Wildman–Crippen LogP) is 1.79. The summed E-state index contributed by atoms with van der Waals surface area (Å²) in [6.45, 7) is 1.60. The van der Waals surface area contributed by atoms with Crippen LogP contribution in [0.25, 0.3) is 0 Å². The fraction of sp³-hybridized carbons (Fsp3) is 0.417. The van der Waals surface area contributed by atoms with Crippen molar-refractivity contribution in [1.29, 1.82) is 0 Å². The van der Waals surface area contributed by atoms with Crippen molar-refractivity contribution in [2.45, 2.75) is 12.5 Å². The number of anilines is 1. The van der Waals surface area contributed by atoms with Gasteiger partial charge in [0.25, 0.3) is 0 Å². The summed E-state index contributed by atoms with van der Waals surface area (Å²) in [5.74, 6) is -1.44. The zero-order valence-corrected chi connectivity index (χ0v) is 10.0. The summed E-state index contributed by atoms with van der Waals surface area (Å²) in [5, 5.41) is 5.58. The number of benzene rings is 1. The van der Waals surface area contributed by atoms with E-state index in [-0.39, 0.29) is 11.7 Å². The molecule has 1 unspecified atom stereocenters. The monoisotopic (exact) mass is 255 g/mol. The quantitative estimate of drug-likeness (QED) is 0.846. The zero-order valence-electron chi connectivity index (χ0n) is 10.0. The molecule has 0 radical (unpaired) electrons. The highest BCUT2D eigenvalue weighted by atomic mass is 19.1. The third-order valence-corrected chi connectivity index (χ3v) is 3.08. The molecule has 0 spiro atoms. The SMILES string of the molecule is CN(C(=O)Nc1ccc(F)cc1F)C1CCNC1. The van der Waals surface area contributed by atoms with Crippen molar-refractivity contribution in [1.82, 2.24) is 10.2 Å². The maximum atomic E-state index is 13.4. The Balaban J connectivity index is 2.01. The van der Waals surface area contributed by atoms with Crippen molar-refractivity contribution in [2.75, 3.05) is 25.5 Å². The number of carbonyl (C=O) groups excluding carboxylic acids is 1. The van der Waals surface area contributed by atoms with Gasteiger partial charge in [0.15, 0.2) is 0 Å². The largest absolute Gasteiger partial charge is 0.323 e. The van der Waals surface area contributed by atoms with Crippen LogP contribution in [0.2, 0.25) is 0 Å². The minimum Gasteiger partial charge on any atom is -0.323 e. The summed E-state index contributed by atoms with van der Waals surface area (Å²) < 4.78 is 26.1. The molecular weight excluding hydrogens is 240 g/mol. The number of nitrogens with one attached hydrogen (secondary N) is 2. The van der Waals surface area contributed by atoms with Crippen LogP contribution in [0.3, 0.4) is 0 Å². The van der Waals surface area contributed by atoms with Crippen molar-refractivity contribution < 1.29 is 13.6 Å². The van der Waals surface area contributed by atoms with Crippen LogP contribution in [0.4, 0.5) is 19.3 Å². The number of hydrogen-bond donors (Lipinski definition) is 2. The standard InChI is InChI=1S/C12H15F2N3O/c1-17(9-4-5-15-7-9)12(18)16-11-3-2-8(13)6-10(11)14/h2-3,6,9,15H,4-5,7H2,1H3,(H,16,18). The van der Waals surface area contributed by atoms with Crippen molar-refractivity contribution in [3.8, 4) is 0 Å². The molecular formula is C12H15F2N3O. The number of likely N-dealkylation sites (N-methyl/N-ethyl adjacent to an activating group) is 1. The van der Waals surface area contributed by atoms with Crippen LogP contribution < -0.4 is 10.6 Å². The van der Waals surface area contributed by atoms with E-state index in [0.717, 1.165) is 31.6 Å². The molecule has 4 nitrogen and oxygen atoms in total. The van der Waals surface area contributed by atoms with Crippen molar-refractivity contribution in [3.05, 3.63) is 29.8 Å². The van der Waals surface area contributed by atoms with Gasteiger partial charge in [-0.15, -0.1) is 0 Å². The number of hydrogen-bond acceptors (Lipinski definition) is 2. The van der Waals surface area contributed by atoms with E-state index >= 15 is 0 Å². The lowest BCUT2D eigenvalue weighted by atomic mass is 10.2. The van der Waals surface area contributed by atoms with E-state index in [0.29, 0.717) is 0 Å². The van der Waals surface area contributed by atoms with Crippen molar-refractivity contribution in [3.63, 3.8) is 0 Å². The summed E-state index contributed by atoms with van der Waals surface area (Å²) in [6.07, 6.45) is 0.871. The Morgan fingerprint density at radius 3 is 2.89 bits per heavy atom. The first kappa shape index (κ1) is 12.8. The highest BCUT2D eigenvalue weighted by Gasteiger charge is 2.23. The smallest absolute Gasteiger partial charge is 0.321 e. The summed E-state index contributed by atoms with van der Waals surface area (Å²) in [7, 11) is 1.66. The molecule has 1 fully saturated rings. The molecule has 2 rings (SSSR count). The zero-order chi connectivity index (χ0) is 13.1. The lowest BCUT2D eigenvalue weighted by Crippen LogP contribution is -2.41. The van der Waals surface area contributed by atoms with Crippen LogP contribution >= 0.6 is 0 Å². The fourth-order valence-electron chi connectivity index (χ4n) is 1.93. The van der Waals surface area contributed by atoms with Gasteiger partial charge in [0.1, 0.15) is 11.6 Å². The second kappa shape index (κ2) is 5.30. The third kappa shape index (κ3) is 2.76. The van der Waals surface area contributed by atoms with Crippen LogP contribution in [-0.4, -0.2) is 37.1 Å². The summed E-state index contributed by atoms with van der Waals surface area (Å²) in [6, 6.07) is 2.77. The molecule has 1 atom stereocenters. The first-order chi connectivity index (χ1) is 8.58. The molecule has 0 aromatic heterocycles. The molecule has 0 saturated carbocycles. The van der Waals surface area contributed by atoms with E-state index in [1.54, 1.807) is 7.05 Å². The number of halogens is 2. The number of rotatable bonds is 2. The molecule has 0 bridgehead atoms. The Morgan fingerprint density at radius 1 is 1.50 bits per heavy atom. The Kier molecular flexibility index (Phi) is 3.76. The van der Waals surface area contributed by atoms with Gasteiger partial charge < -0.3 is 15.5 Å². The predicted molar refractivity (Wildman–Crippen MR) is 64.4 cm³/mol. The lowest BCUT2D eigenvalue weighted by Gasteiger charge is -2.24. The second-order valence-electron chi connectivity index (χ2n) is 4.31. The molecule has 1 aliphatic rings. The number of nitrogens with zero attached hydrogens (tertiary/aromatic N) is 1. The first-order valence-corrected chi connectivity index (χ1v) is 5.77. The van der Waals surface area contributed by atoms with Crippen LogP contribution in [-0.2, 0) is 0 Å². The minimum absolute atomic E-state index is 0.0146. The van der Waals surface area contributed by atoms with E-state index in [1.165, 1.54) is 11.0 Å². The van der Waals surface area contributed by atoms with Crippen molar-refractivity contribution >= 4 is 11.7 Å². The van der Waals surface area contributed by atoms with Crippen molar-refractivity contribution in [2.24, 2.45) is 0 Å². The Morgan fingerprint density at radius 2 is 2.28 bits per heavy atom. The fourth-order valence-corrected chi connectivity index (χ4v) is 1.93. The second-order valence-corrected chi connectivity index (χ2v) is 4.31. The Hall–Kier alpha value is -1.69. The highest BCUT2D eigenvalue weighted by Crippen LogP contribution is 2.16. The minimum atomic E-state index is -0.777. The molecule has 1 aliphatic heterocycles. The summed E-state index contributed by atoms with van der Waals surface area (Å²) in [4.78, 5) is 13.4. The molecule has 0 aliphatic carbocycles. The Labute approximate surface area is 104 Å². The van der Waals surface area contributed by atoms with Gasteiger partial charge in [-0.1, -0.05) is 0 Å². The maximum Gasteiger partial charge on any atom is 0.321 e.